The molecular formula is C47H31NS. The van der Waals surface area contributed by atoms with Crippen molar-refractivity contribution in [3.8, 4) is 22.3 Å². The summed E-state index contributed by atoms with van der Waals surface area (Å²) in [6.07, 6.45) is 0. The standard InChI is InChI=1S/C47H31NS/c1-3-15-32(16-4-1)36-20-10-13-25-43(36)48(34-18-5-2-6-19-34)35-28-29-39-38-22-9-11-23-40(38)47(42(39)31-35)41-24-12-14-26-44(41)49-45-30-27-33-17-7-8-21-37(33)46(45)47/h1-31H. The lowest BCUT2D eigenvalue weighted by Crippen LogP contribution is -2.32. The molecule has 49 heavy (non-hydrogen) atoms. The monoisotopic (exact) mass is 641 g/mol. The number of para-hydroxylation sites is 2. The molecule has 0 radical (unpaired) electrons. The van der Waals surface area contributed by atoms with Gasteiger partial charge in [0.05, 0.1) is 11.1 Å². The van der Waals surface area contributed by atoms with Crippen molar-refractivity contribution in [1.29, 1.82) is 0 Å². The molecule has 0 saturated carbocycles. The first kappa shape index (κ1) is 28.2. The third-order valence-corrected chi connectivity index (χ3v) is 11.4. The lowest BCUT2D eigenvalue weighted by atomic mass is 9.66. The topological polar surface area (TPSA) is 3.24 Å². The van der Waals surface area contributed by atoms with Crippen LogP contribution < -0.4 is 4.90 Å². The van der Waals surface area contributed by atoms with E-state index in [4.69, 9.17) is 0 Å². The van der Waals surface area contributed by atoms with Gasteiger partial charge < -0.3 is 4.90 Å². The molecule has 1 aliphatic carbocycles. The number of fused-ring (bicyclic) bond motifs is 11. The highest BCUT2D eigenvalue weighted by Crippen LogP contribution is 2.64. The van der Waals surface area contributed by atoms with Gasteiger partial charge in [-0.15, -0.1) is 0 Å². The quantitative estimate of drug-likeness (QED) is 0.188. The van der Waals surface area contributed by atoms with Crippen LogP contribution in [0.1, 0.15) is 22.3 Å². The van der Waals surface area contributed by atoms with Crippen LogP contribution in [0.15, 0.2) is 198 Å². The fourth-order valence-electron chi connectivity index (χ4n) is 8.34. The van der Waals surface area contributed by atoms with E-state index >= 15 is 0 Å². The van der Waals surface area contributed by atoms with Gasteiger partial charge in [0.2, 0.25) is 0 Å². The number of hydrogen-bond donors (Lipinski definition) is 0. The zero-order chi connectivity index (χ0) is 32.4. The van der Waals surface area contributed by atoms with E-state index in [2.05, 4.69) is 193 Å². The van der Waals surface area contributed by atoms with Gasteiger partial charge in [0.25, 0.3) is 0 Å². The largest absolute Gasteiger partial charge is 0.310 e. The fraction of sp³-hybridized carbons (Fsp3) is 0.0213. The van der Waals surface area contributed by atoms with Crippen molar-refractivity contribution in [3.63, 3.8) is 0 Å². The van der Waals surface area contributed by atoms with Crippen LogP contribution >= 0.6 is 11.8 Å². The summed E-state index contributed by atoms with van der Waals surface area (Å²) in [4.78, 5) is 5.07. The Hall–Kier alpha value is -5.83. The smallest absolute Gasteiger partial charge is 0.0742 e. The van der Waals surface area contributed by atoms with E-state index in [-0.39, 0.29) is 0 Å². The van der Waals surface area contributed by atoms with Crippen LogP contribution in [0.5, 0.6) is 0 Å². The highest BCUT2D eigenvalue weighted by Gasteiger charge is 2.51. The number of benzene rings is 8. The Labute approximate surface area is 291 Å². The number of hydrogen-bond acceptors (Lipinski definition) is 2. The molecule has 10 rings (SSSR count). The number of rotatable bonds is 4. The minimum Gasteiger partial charge on any atom is -0.310 e. The molecule has 0 saturated heterocycles. The second kappa shape index (κ2) is 11.1. The highest BCUT2D eigenvalue weighted by atomic mass is 32.2. The molecule has 1 spiro atoms. The van der Waals surface area contributed by atoms with Crippen LogP contribution in [0.3, 0.4) is 0 Å². The first-order chi connectivity index (χ1) is 24.3. The minimum atomic E-state index is -0.485. The Kier molecular flexibility index (Phi) is 6.40. The molecule has 8 aromatic rings. The van der Waals surface area contributed by atoms with Crippen LogP contribution in [-0.2, 0) is 5.41 Å². The van der Waals surface area contributed by atoms with Crippen LogP contribution in [-0.4, -0.2) is 0 Å². The third kappa shape index (κ3) is 4.14. The summed E-state index contributed by atoms with van der Waals surface area (Å²) in [5, 5.41) is 2.58. The summed E-state index contributed by atoms with van der Waals surface area (Å²) in [6.45, 7) is 0. The van der Waals surface area contributed by atoms with E-state index in [1.165, 1.54) is 65.1 Å². The molecule has 8 aromatic carbocycles. The molecule has 0 aromatic heterocycles. The molecule has 1 nitrogen and oxygen atoms in total. The van der Waals surface area contributed by atoms with E-state index in [1.54, 1.807) is 0 Å². The van der Waals surface area contributed by atoms with Crippen molar-refractivity contribution in [2.24, 2.45) is 0 Å². The predicted molar refractivity (Wildman–Crippen MR) is 205 cm³/mol. The molecule has 1 atom stereocenters. The molecule has 0 N–H and O–H groups in total. The molecule has 1 unspecified atom stereocenters. The van der Waals surface area contributed by atoms with Crippen molar-refractivity contribution in [2.75, 3.05) is 4.90 Å². The summed E-state index contributed by atoms with van der Waals surface area (Å²) < 4.78 is 0. The van der Waals surface area contributed by atoms with Crippen molar-refractivity contribution >= 4 is 39.6 Å². The molecule has 1 aliphatic heterocycles. The lowest BCUT2D eigenvalue weighted by molar-refractivity contribution is 0.730. The average Bonchev–Trinajstić information content (AvgIpc) is 3.45. The zero-order valence-corrected chi connectivity index (χ0v) is 27.6. The Balaban J connectivity index is 1.31. The molecular weight excluding hydrogens is 611 g/mol. The molecule has 0 amide bonds. The molecule has 1 heterocycles. The van der Waals surface area contributed by atoms with Gasteiger partial charge in [0, 0.05) is 26.7 Å². The van der Waals surface area contributed by atoms with Crippen molar-refractivity contribution < 1.29 is 0 Å². The van der Waals surface area contributed by atoms with E-state index in [9.17, 15) is 0 Å². The first-order valence-electron chi connectivity index (χ1n) is 16.9. The minimum absolute atomic E-state index is 0.485. The van der Waals surface area contributed by atoms with Gasteiger partial charge in [0.15, 0.2) is 0 Å². The Morgan fingerprint density at radius 1 is 0.408 bits per heavy atom. The van der Waals surface area contributed by atoms with Gasteiger partial charge in [-0.2, -0.15) is 0 Å². The number of nitrogens with zero attached hydrogens (tertiary/aromatic N) is 1. The maximum absolute atomic E-state index is 2.49. The maximum Gasteiger partial charge on any atom is 0.0742 e. The molecule has 2 aliphatic rings. The average molecular weight is 642 g/mol. The number of anilines is 3. The summed E-state index contributed by atoms with van der Waals surface area (Å²) in [7, 11) is 0. The molecule has 0 bridgehead atoms. The van der Waals surface area contributed by atoms with Crippen LogP contribution in [0.4, 0.5) is 17.1 Å². The Morgan fingerprint density at radius 2 is 1.06 bits per heavy atom. The molecule has 0 fully saturated rings. The Morgan fingerprint density at radius 3 is 1.92 bits per heavy atom. The first-order valence-corrected chi connectivity index (χ1v) is 17.7. The fourth-order valence-corrected chi connectivity index (χ4v) is 9.56. The Bertz CT molecular complexity index is 2540. The van der Waals surface area contributed by atoms with Gasteiger partial charge >= 0.3 is 0 Å². The lowest BCUT2D eigenvalue weighted by Gasteiger charge is -2.41. The third-order valence-electron chi connectivity index (χ3n) is 10.3. The zero-order valence-electron chi connectivity index (χ0n) is 26.8. The molecule has 230 valence electrons. The van der Waals surface area contributed by atoms with E-state index in [0.717, 1.165) is 17.1 Å². The normalized spacial score (nSPS) is 15.3. The van der Waals surface area contributed by atoms with Gasteiger partial charge in [0.1, 0.15) is 0 Å². The summed E-state index contributed by atoms with van der Waals surface area (Å²) in [6, 6.07) is 69.2. The molecule has 2 heteroatoms. The SMILES string of the molecule is c1ccc(-c2ccccc2N(c2ccccc2)c2ccc3c(c2)C2(c4ccccc4Sc4ccc5ccccc5c42)c2ccccc2-3)cc1. The van der Waals surface area contributed by atoms with Crippen LogP contribution in [0, 0.1) is 0 Å². The van der Waals surface area contributed by atoms with Crippen LogP contribution in [0.25, 0.3) is 33.0 Å². The van der Waals surface area contributed by atoms with E-state index < -0.39 is 5.41 Å². The second-order valence-corrected chi connectivity index (χ2v) is 13.9. The van der Waals surface area contributed by atoms with Crippen LogP contribution in [0.2, 0.25) is 0 Å². The van der Waals surface area contributed by atoms with Crippen molar-refractivity contribution in [2.45, 2.75) is 15.2 Å². The van der Waals surface area contributed by atoms with E-state index in [1.807, 2.05) is 11.8 Å². The van der Waals surface area contributed by atoms with Gasteiger partial charge in [-0.05, 0) is 92.2 Å². The van der Waals surface area contributed by atoms with Gasteiger partial charge in [-0.3, -0.25) is 0 Å². The van der Waals surface area contributed by atoms with E-state index in [0.29, 0.717) is 0 Å². The summed E-state index contributed by atoms with van der Waals surface area (Å²) in [5.74, 6) is 0. The van der Waals surface area contributed by atoms with Crippen molar-refractivity contribution in [3.05, 3.63) is 210 Å². The highest BCUT2D eigenvalue weighted by molar-refractivity contribution is 7.99. The van der Waals surface area contributed by atoms with Gasteiger partial charge in [-0.1, -0.05) is 157 Å². The van der Waals surface area contributed by atoms with Gasteiger partial charge in [-0.25, -0.2) is 0 Å². The second-order valence-electron chi connectivity index (χ2n) is 12.8. The van der Waals surface area contributed by atoms with Crippen molar-refractivity contribution in [1.82, 2.24) is 0 Å². The predicted octanol–water partition coefficient (Wildman–Crippen LogP) is 12.8. The maximum atomic E-state index is 2.49. The summed E-state index contributed by atoms with van der Waals surface area (Å²) >= 11 is 1.90. The summed E-state index contributed by atoms with van der Waals surface area (Å²) in [5.41, 5.74) is 13.3.